The minimum atomic E-state index is -0.840. The highest BCUT2D eigenvalue weighted by Gasteiger charge is 2.27. The molecule has 0 N–H and O–H groups in total. The minimum Gasteiger partial charge on any atom is -0.486 e. The van der Waals surface area contributed by atoms with Crippen molar-refractivity contribution in [2.75, 3.05) is 13.2 Å². The van der Waals surface area contributed by atoms with Crippen molar-refractivity contribution in [3.8, 4) is 11.5 Å². The Kier molecular flexibility index (Phi) is 4.35. The van der Waals surface area contributed by atoms with Crippen molar-refractivity contribution in [3.05, 3.63) is 26.3 Å². The van der Waals surface area contributed by atoms with Crippen LogP contribution in [0.5, 0.6) is 11.5 Å². The van der Waals surface area contributed by atoms with Crippen LogP contribution in [0.25, 0.3) is 0 Å². The average molecular weight is 257 g/mol. The maximum atomic E-state index is 10.7. The molecule has 0 spiro atoms. The fraction of sp³-hybridized carbons (Fsp3) is 0.444. The number of nitrogens with zero attached hydrogens (tertiary/aromatic N) is 3. The third-order valence-corrected chi connectivity index (χ3v) is 1.86. The monoisotopic (exact) mass is 257 g/mol. The third kappa shape index (κ3) is 2.81. The molecule has 9 heteroatoms. The molecule has 0 saturated carbocycles. The number of rotatable bonds is 6. The van der Waals surface area contributed by atoms with Crippen LogP contribution in [0.4, 0.5) is 11.6 Å². The fourth-order valence-electron chi connectivity index (χ4n) is 1.24. The van der Waals surface area contributed by atoms with Gasteiger partial charge in [-0.2, -0.15) is 0 Å². The van der Waals surface area contributed by atoms with Crippen LogP contribution in [0.2, 0.25) is 0 Å². The third-order valence-electron chi connectivity index (χ3n) is 1.86. The number of pyridine rings is 1. The summed E-state index contributed by atoms with van der Waals surface area (Å²) in [6.45, 7) is 3.61. The maximum Gasteiger partial charge on any atom is 0.410 e. The van der Waals surface area contributed by atoms with E-state index in [-0.39, 0.29) is 24.7 Å². The standard InChI is InChI=1S/C9H11N3O6/c1-3-17-6-5-7(18-4-2)9(12(15)16)10-8(6)11(13)14/h5H,3-4H2,1-2H3. The van der Waals surface area contributed by atoms with Gasteiger partial charge in [0.05, 0.1) is 13.2 Å². The van der Waals surface area contributed by atoms with Crippen molar-refractivity contribution in [1.82, 2.24) is 4.98 Å². The van der Waals surface area contributed by atoms with Crippen LogP contribution in [0.1, 0.15) is 13.8 Å². The molecule has 1 rings (SSSR count). The second-order valence-electron chi connectivity index (χ2n) is 3.01. The zero-order chi connectivity index (χ0) is 13.7. The Morgan fingerprint density at radius 3 is 1.72 bits per heavy atom. The second-order valence-corrected chi connectivity index (χ2v) is 3.01. The lowest BCUT2D eigenvalue weighted by atomic mass is 10.3. The zero-order valence-corrected chi connectivity index (χ0v) is 9.78. The first-order valence-corrected chi connectivity index (χ1v) is 5.10. The normalized spacial score (nSPS) is 9.89. The molecule has 1 aromatic heterocycles. The molecule has 9 nitrogen and oxygen atoms in total. The van der Waals surface area contributed by atoms with E-state index in [9.17, 15) is 20.2 Å². The summed E-state index contributed by atoms with van der Waals surface area (Å²) < 4.78 is 10.0. The molecule has 0 radical (unpaired) electrons. The van der Waals surface area contributed by atoms with Gasteiger partial charge in [-0.05, 0) is 23.7 Å². The predicted molar refractivity (Wildman–Crippen MR) is 59.9 cm³/mol. The van der Waals surface area contributed by atoms with E-state index in [1.807, 2.05) is 0 Å². The van der Waals surface area contributed by atoms with E-state index in [2.05, 4.69) is 4.98 Å². The van der Waals surface area contributed by atoms with Crippen molar-refractivity contribution < 1.29 is 19.3 Å². The maximum absolute atomic E-state index is 10.7. The number of hydrogen-bond donors (Lipinski definition) is 0. The summed E-state index contributed by atoms with van der Waals surface area (Å²) in [5.41, 5.74) is 0. The van der Waals surface area contributed by atoms with Gasteiger partial charge in [-0.15, -0.1) is 0 Å². The predicted octanol–water partition coefficient (Wildman–Crippen LogP) is 1.70. The summed E-state index contributed by atoms with van der Waals surface area (Å²) in [7, 11) is 0. The van der Waals surface area contributed by atoms with Gasteiger partial charge in [0.2, 0.25) is 11.5 Å². The van der Waals surface area contributed by atoms with E-state index in [1.54, 1.807) is 13.8 Å². The van der Waals surface area contributed by atoms with E-state index in [4.69, 9.17) is 9.47 Å². The fourth-order valence-corrected chi connectivity index (χ4v) is 1.24. The van der Waals surface area contributed by atoms with E-state index in [0.717, 1.165) is 6.07 Å². The van der Waals surface area contributed by atoms with Crippen LogP contribution >= 0.6 is 0 Å². The number of aromatic nitrogens is 1. The Hall–Kier alpha value is -2.45. The lowest BCUT2D eigenvalue weighted by Gasteiger charge is -2.08. The first-order chi connectivity index (χ1) is 8.51. The second kappa shape index (κ2) is 5.75. The van der Waals surface area contributed by atoms with Gasteiger partial charge in [-0.25, -0.2) is 0 Å². The van der Waals surface area contributed by atoms with Gasteiger partial charge in [0, 0.05) is 11.1 Å². The van der Waals surface area contributed by atoms with Gasteiger partial charge in [0.1, 0.15) is 0 Å². The molecule has 0 saturated heterocycles. The first kappa shape index (κ1) is 13.6. The molecular weight excluding hydrogens is 246 g/mol. The van der Waals surface area contributed by atoms with Crippen LogP contribution in [0.15, 0.2) is 6.07 Å². The highest BCUT2D eigenvalue weighted by molar-refractivity contribution is 5.53. The molecule has 0 unspecified atom stereocenters. The molecule has 18 heavy (non-hydrogen) atoms. The largest absolute Gasteiger partial charge is 0.486 e. The van der Waals surface area contributed by atoms with Gasteiger partial charge in [-0.1, -0.05) is 0 Å². The molecule has 0 amide bonds. The van der Waals surface area contributed by atoms with Crippen LogP contribution in [0, 0.1) is 20.2 Å². The van der Waals surface area contributed by atoms with Crippen molar-refractivity contribution >= 4 is 11.6 Å². The molecule has 0 aromatic carbocycles. The lowest BCUT2D eigenvalue weighted by molar-refractivity contribution is -0.404. The van der Waals surface area contributed by atoms with E-state index >= 15 is 0 Å². The quantitative estimate of drug-likeness (QED) is 0.562. The Balaban J connectivity index is 3.39. The summed E-state index contributed by atoms with van der Waals surface area (Å²) in [5, 5.41) is 21.5. The van der Waals surface area contributed by atoms with Crippen LogP contribution < -0.4 is 9.47 Å². The van der Waals surface area contributed by atoms with Crippen molar-refractivity contribution in [1.29, 1.82) is 0 Å². The van der Waals surface area contributed by atoms with Gasteiger partial charge in [0.15, 0.2) is 0 Å². The van der Waals surface area contributed by atoms with Gasteiger partial charge < -0.3 is 29.7 Å². The molecule has 0 fully saturated rings. The Labute approximate surface area is 102 Å². The molecule has 0 bridgehead atoms. The van der Waals surface area contributed by atoms with Gasteiger partial charge >= 0.3 is 11.6 Å². The van der Waals surface area contributed by atoms with Gasteiger partial charge in [0.25, 0.3) is 0 Å². The number of hydrogen-bond acceptors (Lipinski definition) is 7. The molecule has 0 aliphatic carbocycles. The molecular formula is C9H11N3O6. The Morgan fingerprint density at radius 2 is 1.44 bits per heavy atom. The molecule has 0 atom stereocenters. The van der Waals surface area contributed by atoms with Crippen molar-refractivity contribution in [3.63, 3.8) is 0 Å². The van der Waals surface area contributed by atoms with Crippen LogP contribution in [0.3, 0.4) is 0 Å². The average Bonchev–Trinajstić information content (AvgIpc) is 2.29. The summed E-state index contributed by atoms with van der Waals surface area (Å²) in [6.07, 6.45) is 0. The van der Waals surface area contributed by atoms with Crippen LogP contribution in [-0.4, -0.2) is 28.0 Å². The highest BCUT2D eigenvalue weighted by atomic mass is 16.6. The smallest absolute Gasteiger partial charge is 0.410 e. The van der Waals surface area contributed by atoms with E-state index in [0.29, 0.717) is 0 Å². The highest BCUT2D eigenvalue weighted by Crippen LogP contribution is 2.35. The summed E-state index contributed by atoms with van der Waals surface area (Å²) >= 11 is 0. The number of nitro groups is 2. The van der Waals surface area contributed by atoms with Crippen LogP contribution in [-0.2, 0) is 0 Å². The first-order valence-electron chi connectivity index (χ1n) is 5.10. The van der Waals surface area contributed by atoms with Crippen molar-refractivity contribution in [2.24, 2.45) is 0 Å². The summed E-state index contributed by atoms with van der Waals surface area (Å²) in [5.74, 6) is -1.72. The molecule has 1 aromatic rings. The molecule has 1 heterocycles. The molecule has 98 valence electrons. The number of ether oxygens (including phenoxy) is 2. The zero-order valence-electron chi connectivity index (χ0n) is 9.78. The van der Waals surface area contributed by atoms with E-state index in [1.165, 1.54) is 0 Å². The Morgan fingerprint density at radius 1 is 1.06 bits per heavy atom. The summed E-state index contributed by atoms with van der Waals surface area (Å²) in [4.78, 5) is 23.2. The molecule has 0 aliphatic rings. The Bertz CT molecular complexity index is 436. The minimum absolute atomic E-state index is 0.156. The summed E-state index contributed by atoms with van der Waals surface area (Å²) in [6, 6.07) is 1.11. The topological polar surface area (TPSA) is 118 Å². The van der Waals surface area contributed by atoms with Crippen molar-refractivity contribution in [2.45, 2.75) is 13.8 Å². The van der Waals surface area contributed by atoms with Gasteiger partial charge in [-0.3, -0.25) is 0 Å². The SMILES string of the molecule is CCOc1cc(OCC)c([N+](=O)[O-])nc1[N+](=O)[O-]. The lowest BCUT2D eigenvalue weighted by Crippen LogP contribution is -2.05. The van der Waals surface area contributed by atoms with E-state index < -0.39 is 21.5 Å². The molecule has 0 aliphatic heterocycles.